The lowest BCUT2D eigenvalue weighted by molar-refractivity contribution is 0.111. The van der Waals surface area contributed by atoms with Crippen molar-refractivity contribution in [1.82, 2.24) is 9.78 Å². The van der Waals surface area contributed by atoms with Gasteiger partial charge in [-0.1, -0.05) is 34.6 Å². The molecule has 0 N–H and O–H groups in total. The summed E-state index contributed by atoms with van der Waals surface area (Å²) in [7, 11) is 1.78. The number of carbonyl (C=O) groups excluding carboxylic acids is 1. The van der Waals surface area contributed by atoms with Crippen LogP contribution in [0.5, 0.6) is 0 Å². The molecule has 0 aliphatic carbocycles. The number of carbonyl (C=O) groups is 1. The van der Waals surface area contributed by atoms with Crippen LogP contribution in [0.4, 0.5) is 0 Å². The van der Waals surface area contributed by atoms with Crippen LogP contribution in [0.2, 0.25) is 0 Å². The molecule has 0 amide bonds. The Morgan fingerprint density at radius 1 is 1.36 bits per heavy atom. The monoisotopic (exact) mass is 196 g/mol. The molecule has 0 aliphatic heterocycles. The van der Waals surface area contributed by atoms with Crippen molar-refractivity contribution < 1.29 is 4.79 Å². The Balaban J connectivity index is 0.000000791. The molecule has 0 aliphatic rings. The van der Waals surface area contributed by atoms with Crippen LogP contribution in [0.25, 0.3) is 0 Å². The summed E-state index contributed by atoms with van der Waals surface area (Å²) < 4.78 is 1.60. The van der Waals surface area contributed by atoms with Crippen molar-refractivity contribution in [2.75, 3.05) is 0 Å². The molecule has 0 spiro atoms. The summed E-state index contributed by atoms with van der Waals surface area (Å²) in [6.07, 6.45) is 0.822. The van der Waals surface area contributed by atoms with Crippen molar-refractivity contribution in [3.8, 4) is 0 Å². The van der Waals surface area contributed by atoms with Gasteiger partial charge in [0.15, 0.2) is 6.29 Å². The molecule has 1 aromatic rings. The lowest BCUT2D eigenvalue weighted by atomic mass is 9.92. The Kier molecular flexibility index (Phi) is 4.54. The average Bonchev–Trinajstić information content (AvgIpc) is 2.49. The summed E-state index contributed by atoms with van der Waals surface area (Å²) >= 11 is 0. The normalized spacial score (nSPS) is 10.4. The number of aromatic nitrogens is 2. The first-order chi connectivity index (χ1) is 6.45. The van der Waals surface area contributed by atoms with E-state index < -0.39 is 0 Å². The van der Waals surface area contributed by atoms with E-state index in [1.54, 1.807) is 11.7 Å². The highest BCUT2D eigenvalue weighted by Crippen LogP contribution is 2.20. The van der Waals surface area contributed by atoms with Crippen LogP contribution in [0.3, 0.4) is 0 Å². The van der Waals surface area contributed by atoms with Gasteiger partial charge < -0.3 is 0 Å². The zero-order valence-corrected chi connectivity index (χ0v) is 9.96. The number of nitrogens with zero attached hydrogens (tertiary/aromatic N) is 2. The third-order valence-electron chi connectivity index (χ3n) is 1.81. The van der Waals surface area contributed by atoms with E-state index in [1.807, 2.05) is 19.9 Å². The molecule has 1 heterocycles. The van der Waals surface area contributed by atoms with E-state index in [2.05, 4.69) is 25.9 Å². The van der Waals surface area contributed by atoms with E-state index in [-0.39, 0.29) is 5.41 Å². The molecule has 3 nitrogen and oxygen atoms in total. The van der Waals surface area contributed by atoms with Crippen LogP contribution >= 0.6 is 0 Å². The van der Waals surface area contributed by atoms with Gasteiger partial charge in [-0.25, -0.2) is 0 Å². The second-order valence-corrected chi connectivity index (χ2v) is 3.95. The molecular formula is C11H20N2O. The zero-order chi connectivity index (χ0) is 11.4. The summed E-state index contributed by atoms with van der Waals surface area (Å²) in [5.74, 6) is 0. The molecule has 3 heteroatoms. The molecule has 0 saturated carbocycles. The third-order valence-corrected chi connectivity index (χ3v) is 1.81. The Morgan fingerprint density at radius 2 is 1.86 bits per heavy atom. The lowest BCUT2D eigenvalue weighted by Crippen LogP contribution is -2.12. The van der Waals surface area contributed by atoms with Crippen molar-refractivity contribution in [1.29, 1.82) is 0 Å². The smallest absolute Gasteiger partial charge is 0.168 e. The first-order valence-corrected chi connectivity index (χ1v) is 4.95. The SMILES string of the molecule is CC.Cn1nc(C(C)(C)C)cc1C=O. The summed E-state index contributed by atoms with van der Waals surface area (Å²) in [6.45, 7) is 10.2. The van der Waals surface area contributed by atoms with Crippen LogP contribution in [0.1, 0.15) is 50.8 Å². The van der Waals surface area contributed by atoms with E-state index in [1.165, 1.54) is 0 Å². The van der Waals surface area contributed by atoms with Crippen LogP contribution < -0.4 is 0 Å². The average molecular weight is 196 g/mol. The van der Waals surface area contributed by atoms with Crippen LogP contribution in [0, 0.1) is 0 Å². The molecule has 0 aromatic carbocycles. The number of hydrogen-bond acceptors (Lipinski definition) is 2. The van der Waals surface area contributed by atoms with Gasteiger partial charge in [0.2, 0.25) is 0 Å². The minimum atomic E-state index is 0.0129. The highest BCUT2D eigenvalue weighted by atomic mass is 16.1. The van der Waals surface area contributed by atoms with Gasteiger partial charge in [-0.15, -0.1) is 0 Å². The number of aryl methyl sites for hydroxylation is 1. The third kappa shape index (κ3) is 2.98. The first kappa shape index (κ1) is 12.9. The van der Waals surface area contributed by atoms with Crippen LogP contribution in [0.15, 0.2) is 6.07 Å². The molecule has 0 unspecified atom stereocenters. The molecule has 0 saturated heterocycles. The molecule has 0 bridgehead atoms. The van der Waals surface area contributed by atoms with E-state index >= 15 is 0 Å². The second-order valence-electron chi connectivity index (χ2n) is 3.95. The Hall–Kier alpha value is -1.12. The second kappa shape index (κ2) is 4.94. The topological polar surface area (TPSA) is 34.9 Å². The van der Waals surface area contributed by atoms with Gasteiger partial charge >= 0.3 is 0 Å². The molecule has 0 atom stereocenters. The summed E-state index contributed by atoms with van der Waals surface area (Å²) in [6, 6.07) is 1.83. The highest BCUT2D eigenvalue weighted by molar-refractivity contribution is 5.72. The lowest BCUT2D eigenvalue weighted by Gasteiger charge is -2.13. The maximum absolute atomic E-state index is 10.5. The Morgan fingerprint density at radius 3 is 2.07 bits per heavy atom. The van der Waals surface area contributed by atoms with Gasteiger partial charge in [0, 0.05) is 12.5 Å². The summed E-state index contributed by atoms with van der Waals surface area (Å²) in [4.78, 5) is 10.5. The first-order valence-electron chi connectivity index (χ1n) is 4.95. The van der Waals surface area contributed by atoms with E-state index in [0.717, 1.165) is 12.0 Å². The fraction of sp³-hybridized carbons (Fsp3) is 0.636. The van der Waals surface area contributed by atoms with Gasteiger partial charge in [0.05, 0.1) is 5.69 Å². The maximum atomic E-state index is 10.5. The van der Waals surface area contributed by atoms with Gasteiger partial charge in [-0.2, -0.15) is 5.10 Å². The Bertz CT molecular complexity index is 295. The quantitative estimate of drug-likeness (QED) is 0.647. The van der Waals surface area contributed by atoms with Crippen molar-refractivity contribution in [2.24, 2.45) is 7.05 Å². The predicted octanol–water partition coefficient (Wildman–Crippen LogP) is 2.56. The van der Waals surface area contributed by atoms with Crippen molar-refractivity contribution >= 4 is 6.29 Å². The molecule has 14 heavy (non-hydrogen) atoms. The highest BCUT2D eigenvalue weighted by Gasteiger charge is 2.18. The molecule has 1 aromatic heterocycles. The summed E-state index contributed by atoms with van der Waals surface area (Å²) in [5.41, 5.74) is 1.59. The van der Waals surface area contributed by atoms with E-state index in [4.69, 9.17) is 0 Å². The maximum Gasteiger partial charge on any atom is 0.168 e. The van der Waals surface area contributed by atoms with Crippen LogP contribution in [-0.2, 0) is 12.5 Å². The van der Waals surface area contributed by atoms with Gasteiger partial charge in [0.25, 0.3) is 0 Å². The number of hydrogen-bond donors (Lipinski definition) is 0. The van der Waals surface area contributed by atoms with Gasteiger partial charge in [-0.05, 0) is 6.07 Å². The molecule has 80 valence electrons. The van der Waals surface area contributed by atoms with Crippen LogP contribution in [-0.4, -0.2) is 16.1 Å². The largest absolute Gasteiger partial charge is 0.296 e. The zero-order valence-electron chi connectivity index (χ0n) is 9.96. The van der Waals surface area contributed by atoms with E-state index in [9.17, 15) is 4.79 Å². The molecule has 1 rings (SSSR count). The minimum absolute atomic E-state index is 0.0129. The van der Waals surface area contributed by atoms with Crippen molar-refractivity contribution in [2.45, 2.75) is 40.0 Å². The minimum Gasteiger partial charge on any atom is -0.296 e. The fourth-order valence-corrected chi connectivity index (χ4v) is 0.959. The molecule has 0 radical (unpaired) electrons. The van der Waals surface area contributed by atoms with Gasteiger partial charge in [0.1, 0.15) is 5.69 Å². The number of aldehydes is 1. The fourth-order valence-electron chi connectivity index (χ4n) is 0.959. The summed E-state index contributed by atoms with van der Waals surface area (Å²) in [5, 5.41) is 4.24. The van der Waals surface area contributed by atoms with E-state index in [0.29, 0.717) is 5.69 Å². The molecular weight excluding hydrogens is 176 g/mol. The van der Waals surface area contributed by atoms with Crippen molar-refractivity contribution in [3.63, 3.8) is 0 Å². The predicted molar refractivity (Wildman–Crippen MR) is 58.6 cm³/mol. The van der Waals surface area contributed by atoms with Gasteiger partial charge in [-0.3, -0.25) is 9.48 Å². The van der Waals surface area contributed by atoms with Crippen molar-refractivity contribution in [3.05, 3.63) is 17.5 Å². The molecule has 0 fully saturated rings. The number of rotatable bonds is 1. The Labute approximate surface area is 86.1 Å². The standard InChI is InChI=1S/C9H14N2O.C2H6/c1-9(2,3)8-5-7(6-12)11(4)10-8;1-2/h5-6H,1-4H3;1-2H3.